The third kappa shape index (κ3) is 3.69. The average Bonchev–Trinajstić information content (AvgIpc) is 2.74. The Morgan fingerprint density at radius 3 is 2.63 bits per heavy atom. The number of nitrogens with zero attached hydrogens (tertiary/aromatic N) is 3. The van der Waals surface area contributed by atoms with Crippen LogP contribution in [0.1, 0.15) is 5.56 Å². The van der Waals surface area contributed by atoms with Gasteiger partial charge in [0.1, 0.15) is 17.0 Å². The molecule has 5 heteroatoms. The summed E-state index contributed by atoms with van der Waals surface area (Å²) in [5.41, 5.74) is 3.11. The van der Waals surface area contributed by atoms with Crippen molar-refractivity contribution in [1.82, 2.24) is 9.88 Å². The lowest BCUT2D eigenvalue weighted by atomic mass is 10.0. The summed E-state index contributed by atoms with van der Waals surface area (Å²) < 4.78 is 5.50. The van der Waals surface area contributed by atoms with Crippen LogP contribution in [0.3, 0.4) is 0 Å². The van der Waals surface area contributed by atoms with Crippen molar-refractivity contribution in [2.24, 2.45) is 0 Å². The fraction of sp³-hybridized carbons (Fsp3) is 0.318. The third-order valence-corrected chi connectivity index (χ3v) is 5.33. The van der Waals surface area contributed by atoms with Crippen LogP contribution < -0.4 is 9.64 Å². The first-order valence-electron chi connectivity index (χ1n) is 9.42. The van der Waals surface area contributed by atoms with E-state index in [1.807, 2.05) is 30.3 Å². The van der Waals surface area contributed by atoms with Crippen molar-refractivity contribution in [2.75, 3.05) is 44.7 Å². The van der Waals surface area contributed by atoms with Crippen LogP contribution >= 0.6 is 0 Å². The number of rotatable bonds is 5. The Hall–Kier alpha value is -2.79. The Kier molecular flexibility index (Phi) is 5.12. The summed E-state index contributed by atoms with van der Waals surface area (Å²) >= 11 is 0. The van der Waals surface area contributed by atoms with Gasteiger partial charge in [-0.25, -0.2) is 0 Å². The molecule has 0 aliphatic carbocycles. The molecule has 1 saturated heterocycles. The Morgan fingerprint density at radius 2 is 1.81 bits per heavy atom. The molecular weight excluding hydrogens is 338 g/mol. The Balaban J connectivity index is 1.39. The van der Waals surface area contributed by atoms with Gasteiger partial charge in [-0.1, -0.05) is 24.3 Å². The zero-order chi connectivity index (χ0) is 18.6. The van der Waals surface area contributed by atoms with Gasteiger partial charge in [0, 0.05) is 44.3 Å². The maximum atomic E-state index is 10.0. The number of aromatic hydroxyl groups is 1. The number of piperazine rings is 1. The second-order valence-corrected chi connectivity index (χ2v) is 6.89. The van der Waals surface area contributed by atoms with Gasteiger partial charge in [-0.15, -0.1) is 0 Å². The number of hydrogen-bond donors (Lipinski definition) is 1. The third-order valence-electron chi connectivity index (χ3n) is 5.33. The van der Waals surface area contributed by atoms with Crippen LogP contribution in [-0.2, 0) is 6.42 Å². The average molecular weight is 363 g/mol. The Bertz CT molecular complexity index is 920. The monoisotopic (exact) mass is 363 g/mol. The highest BCUT2D eigenvalue weighted by atomic mass is 16.5. The predicted octanol–water partition coefficient (Wildman–Crippen LogP) is 3.31. The van der Waals surface area contributed by atoms with E-state index in [1.165, 1.54) is 11.3 Å². The van der Waals surface area contributed by atoms with Crippen LogP contribution in [0.2, 0.25) is 0 Å². The lowest BCUT2D eigenvalue weighted by Crippen LogP contribution is -2.47. The van der Waals surface area contributed by atoms with E-state index in [9.17, 15) is 5.11 Å². The van der Waals surface area contributed by atoms with Gasteiger partial charge < -0.3 is 14.7 Å². The fourth-order valence-electron chi connectivity index (χ4n) is 3.82. The number of hydrogen-bond acceptors (Lipinski definition) is 5. The lowest BCUT2D eigenvalue weighted by molar-refractivity contribution is 0.260. The van der Waals surface area contributed by atoms with E-state index >= 15 is 0 Å². The molecule has 2 heterocycles. The minimum Gasteiger partial charge on any atom is -0.506 e. The first-order valence-corrected chi connectivity index (χ1v) is 9.42. The van der Waals surface area contributed by atoms with Crippen molar-refractivity contribution in [3.63, 3.8) is 0 Å². The van der Waals surface area contributed by atoms with Gasteiger partial charge in [0.05, 0.1) is 12.8 Å². The van der Waals surface area contributed by atoms with E-state index in [4.69, 9.17) is 4.74 Å². The number of fused-ring (bicyclic) bond motifs is 1. The van der Waals surface area contributed by atoms with Crippen molar-refractivity contribution in [1.29, 1.82) is 0 Å². The zero-order valence-corrected chi connectivity index (χ0v) is 15.6. The maximum absolute atomic E-state index is 10.0. The molecule has 1 aliphatic rings. The van der Waals surface area contributed by atoms with Gasteiger partial charge in [0.25, 0.3) is 0 Å². The second kappa shape index (κ2) is 7.84. The first-order chi connectivity index (χ1) is 13.3. The van der Waals surface area contributed by atoms with Gasteiger partial charge in [-0.2, -0.15) is 0 Å². The van der Waals surface area contributed by atoms with Crippen molar-refractivity contribution in [3.05, 3.63) is 60.3 Å². The van der Waals surface area contributed by atoms with Gasteiger partial charge in [0.2, 0.25) is 0 Å². The standard InChI is InChI=1S/C22H25N3O2/c1-27-21-7-3-2-6-19(21)25-15-13-24(14-16-25)12-10-17-8-9-20(26)22-18(17)5-4-11-23-22/h2-9,11,26H,10,12-16H2,1H3. The molecule has 1 aliphatic heterocycles. The quantitative estimate of drug-likeness (QED) is 0.754. The van der Waals surface area contributed by atoms with Gasteiger partial charge in [-0.3, -0.25) is 9.88 Å². The van der Waals surface area contributed by atoms with E-state index in [2.05, 4.69) is 26.9 Å². The number of benzene rings is 2. The summed E-state index contributed by atoms with van der Waals surface area (Å²) in [6, 6.07) is 16.0. The smallest absolute Gasteiger partial charge is 0.142 e. The number of ether oxygens (including phenoxy) is 1. The first kappa shape index (κ1) is 17.6. The number of para-hydroxylation sites is 2. The minimum absolute atomic E-state index is 0.250. The summed E-state index contributed by atoms with van der Waals surface area (Å²) in [6.45, 7) is 5.07. The molecule has 1 aromatic heterocycles. The summed E-state index contributed by atoms with van der Waals surface area (Å²) in [7, 11) is 1.73. The summed E-state index contributed by atoms with van der Waals surface area (Å²) in [5.74, 6) is 1.19. The number of pyridine rings is 1. The molecule has 1 N–H and O–H groups in total. The number of phenols is 1. The molecule has 27 heavy (non-hydrogen) atoms. The SMILES string of the molecule is COc1ccccc1N1CCN(CCc2ccc(O)c3ncccc23)CC1. The number of aromatic nitrogens is 1. The van der Waals surface area contributed by atoms with Crippen molar-refractivity contribution >= 4 is 16.6 Å². The summed E-state index contributed by atoms with van der Waals surface area (Å²) in [6.07, 6.45) is 2.68. The number of phenolic OH excluding ortho intramolecular Hbond substituents is 1. The molecule has 0 bridgehead atoms. The predicted molar refractivity (Wildman–Crippen MR) is 109 cm³/mol. The molecule has 3 aromatic rings. The topological polar surface area (TPSA) is 48.8 Å². The highest BCUT2D eigenvalue weighted by Gasteiger charge is 2.19. The van der Waals surface area contributed by atoms with E-state index in [1.54, 1.807) is 19.4 Å². The van der Waals surface area contributed by atoms with Gasteiger partial charge in [-0.05, 0) is 36.2 Å². The molecule has 5 nitrogen and oxygen atoms in total. The molecular formula is C22H25N3O2. The van der Waals surface area contributed by atoms with Crippen molar-refractivity contribution < 1.29 is 9.84 Å². The van der Waals surface area contributed by atoms with Crippen LogP contribution in [0.15, 0.2) is 54.7 Å². The highest BCUT2D eigenvalue weighted by Crippen LogP contribution is 2.29. The minimum atomic E-state index is 0.250. The molecule has 0 saturated carbocycles. The van der Waals surface area contributed by atoms with Gasteiger partial charge in [0.15, 0.2) is 0 Å². The zero-order valence-electron chi connectivity index (χ0n) is 15.6. The van der Waals surface area contributed by atoms with Crippen molar-refractivity contribution in [3.8, 4) is 11.5 Å². The molecule has 0 atom stereocenters. The van der Waals surface area contributed by atoms with Crippen LogP contribution in [0, 0.1) is 0 Å². The maximum Gasteiger partial charge on any atom is 0.142 e. The summed E-state index contributed by atoms with van der Waals surface area (Å²) in [5, 5.41) is 11.1. The van der Waals surface area contributed by atoms with Gasteiger partial charge >= 0.3 is 0 Å². The van der Waals surface area contributed by atoms with Crippen LogP contribution in [-0.4, -0.2) is 54.8 Å². The fourth-order valence-corrected chi connectivity index (χ4v) is 3.82. The molecule has 4 rings (SSSR count). The number of methoxy groups -OCH3 is 1. The normalized spacial score (nSPS) is 15.2. The van der Waals surface area contributed by atoms with E-state index in [-0.39, 0.29) is 5.75 Å². The molecule has 2 aromatic carbocycles. The molecule has 1 fully saturated rings. The van der Waals surface area contributed by atoms with E-state index in [0.29, 0.717) is 5.52 Å². The van der Waals surface area contributed by atoms with Crippen LogP contribution in [0.5, 0.6) is 11.5 Å². The van der Waals surface area contributed by atoms with Crippen molar-refractivity contribution in [2.45, 2.75) is 6.42 Å². The van der Waals surface area contributed by atoms with Crippen LogP contribution in [0.25, 0.3) is 10.9 Å². The molecule has 0 spiro atoms. The summed E-state index contributed by atoms with van der Waals surface area (Å²) in [4.78, 5) is 9.21. The second-order valence-electron chi connectivity index (χ2n) is 6.89. The largest absolute Gasteiger partial charge is 0.506 e. The lowest BCUT2D eigenvalue weighted by Gasteiger charge is -2.36. The molecule has 140 valence electrons. The Morgan fingerprint density at radius 1 is 1.00 bits per heavy atom. The van der Waals surface area contributed by atoms with E-state index in [0.717, 1.165) is 50.3 Å². The molecule has 0 amide bonds. The molecule has 0 unspecified atom stereocenters. The molecule has 0 radical (unpaired) electrons. The number of anilines is 1. The van der Waals surface area contributed by atoms with E-state index < -0.39 is 0 Å². The highest BCUT2D eigenvalue weighted by molar-refractivity contribution is 5.87. The van der Waals surface area contributed by atoms with Crippen LogP contribution in [0.4, 0.5) is 5.69 Å². The Labute approximate surface area is 159 Å².